The quantitative estimate of drug-likeness (QED) is 0.552. The van der Waals surface area contributed by atoms with Gasteiger partial charge in [0.2, 0.25) is 5.43 Å². The molecule has 33 heavy (non-hydrogen) atoms. The van der Waals surface area contributed by atoms with Gasteiger partial charge in [-0.25, -0.2) is 18.5 Å². The molecule has 2 aliphatic heterocycles. The van der Waals surface area contributed by atoms with Crippen LogP contribution in [0.2, 0.25) is 0 Å². The van der Waals surface area contributed by atoms with Crippen molar-refractivity contribution < 1.29 is 4.21 Å². The molecule has 2 aliphatic rings. The highest BCUT2D eigenvalue weighted by molar-refractivity contribution is 7.82. The monoisotopic (exact) mass is 486 g/mol. The lowest BCUT2D eigenvalue weighted by molar-refractivity contribution is 0.209. The Kier molecular flexibility index (Phi) is 6.60. The van der Waals surface area contributed by atoms with Gasteiger partial charge in [-0.3, -0.25) is 14.3 Å². The summed E-state index contributed by atoms with van der Waals surface area (Å²) < 4.78 is 17.1. The van der Waals surface area contributed by atoms with E-state index in [9.17, 15) is 9.00 Å². The zero-order chi connectivity index (χ0) is 22.9. The Labute approximate surface area is 200 Å². The van der Waals surface area contributed by atoms with Gasteiger partial charge in [-0.05, 0) is 38.8 Å². The molecule has 3 aromatic heterocycles. The van der Waals surface area contributed by atoms with E-state index in [1.165, 1.54) is 11.3 Å². The van der Waals surface area contributed by atoms with Gasteiger partial charge in [-0.2, -0.15) is 0 Å². The molecule has 2 fully saturated rings. The van der Waals surface area contributed by atoms with Gasteiger partial charge >= 0.3 is 0 Å². The highest BCUT2D eigenvalue weighted by Gasteiger charge is 2.25. The number of fused-ring (bicyclic) bond motifs is 1. The van der Waals surface area contributed by atoms with Crippen LogP contribution in [0.1, 0.15) is 33.1 Å². The summed E-state index contributed by atoms with van der Waals surface area (Å²) in [7, 11) is -1.49. The Morgan fingerprint density at radius 1 is 1.03 bits per heavy atom. The maximum absolute atomic E-state index is 13.4. The molecule has 0 N–H and O–H groups in total. The molecule has 0 saturated carbocycles. The van der Waals surface area contributed by atoms with E-state index in [1.54, 1.807) is 12.4 Å². The first-order valence-electron chi connectivity index (χ1n) is 11.6. The van der Waals surface area contributed by atoms with Crippen LogP contribution in [0.5, 0.6) is 0 Å². The molecule has 0 bridgehead atoms. The van der Waals surface area contributed by atoms with E-state index in [2.05, 4.69) is 28.6 Å². The van der Waals surface area contributed by atoms with Crippen LogP contribution >= 0.6 is 11.3 Å². The molecule has 0 aliphatic carbocycles. The third-order valence-corrected chi connectivity index (χ3v) is 8.81. The van der Waals surface area contributed by atoms with Crippen LogP contribution in [0, 0.1) is 0 Å². The molecule has 1 unspecified atom stereocenters. The van der Waals surface area contributed by atoms with E-state index in [4.69, 9.17) is 4.98 Å². The molecular formula is C23H30N6O2S2. The molecule has 0 aromatic carbocycles. The normalized spacial score (nSPS) is 19.4. The zero-order valence-electron chi connectivity index (χ0n) is 19.1. The average Bonchev–Trinajstić information content (AvgIpc) is 3.39. The van der Waals surface area contributed by atoms with Crippen molar-refractivity contribution in [3.63, 3.8) is 0 Å². The van der Waals surface area contributed by atoms with Crippen molar-refractivity contribution >= 4 is 39.2 Å². The summed E-state index contributed by atoms with van der Waals surface area (Å²) >= 11 is 1.47. The van der Waals surface area contributed by atoms with Crippen LogP contribution in [0.3, 0.4) is 0 Å². The summed E-state index contributed by atoms with van der Waals surface area (Å²) in [6.45, 7) is 9.73. The Morgan fingerprint density at radius 3 is 2.45 bits per heavy atom. The van der Waals surface area contributed by atoms with Crippen molar-refractivity contribution in [2.75, 3.05) is 44.2 Å². The Hall–Kier alpha value is -2.14. The topological polar surface area (TPSA) is 74.6 Å². The molecule has 8 nitrogen and oxygen atoms in total. The Morgan fingerprint density at radius 2 is 1.79 bits per heavy atom. The Balaban J connectivity index is 1.56. The largest absolute Gasteiger partial charge is 0.354 e. The first kappa shape index (κ1) is 22.6. The fraction of sp³-hybridized carbons (Fsp3) is 0.522. The summed E-state index contributed by atoms with van der Waals surface area (Å²) in [6, 6.07) is 4.30. The van der Waals surface area contributed by atoms with Crippen LogP contribution < -0.4 is 10.3 Å². The van der Waals surface area contributed by atoms with E-state index >= 15 is 0 Å². The number of aromatic nitrogens is 3. The van der Waals surface area contributed by atoms with Gasteiger partial charge in [-0.15, -0.1) is 11.3 Å². The summed E-state index contributed by atoms with van der Waals surface area (Å²) in [6.07, 6.45) is 6.60. The lowest BCUT2D eigenvalue weighted by atomic mass is 10.2. The standard InChI is InChI=1S/C23H30N6O2S2/c1-17(2)26-11-13-27(14-12-26)20-7-6-18-21(30)19(33(31)28-9-4-3-5-10-28)16-29(22(18)25-20)23-24-8-15-32-23/h6-8,15-17H,3-5,9-14H2,1-2H3. The number of piperazine rings is 1. The zero-order valence-corrected chi connectivity index (χ0v) is 20.8. The number of thiazole rings is 1. The molecule has 2 saturated heterocycles. The second-order valence-electron chi connectivity index (χ2n) is 8.90. The first-order chi connectivity index (χ1) is 16.0. The molecule has 1 atom stereocenters. The number of piperidine rings is 1. The highest BCUT2D eigenvalue weighted by Crippen LogP contribution is 2.24. The van der Waals surface area contributed by atoms with E-state index in [-0.39, 0.29) is 5.43 Å². The number of rotatable bonds is 5. The number of pyridine rings is 2. The smallest absolute Gasteiger partial charge is 0.208 e. The van der Waals surface area contributed by atoms with Gasteiger partial charge in [0.25, 0.3) is 0 Å². The van der Waals surface area contributed by atoms with Crippen LogP contribution in [0.4, 0.5) is 5.82 Å². The third-order valence-electron chi connectivity index (χ3n) is 6.53. The lowest BCUT2D eigenvalue weighted by Gasteiger charge is -2.37. The van der Waals surface area contributed by atoms with Crippen molar-refractivity contribution in [1.82, 2.24) is 23.7 Å². The average molecular weight is 487 g/mol. The number of hydrogen-bond acceptors (Lipinski definition) is 7. The molecule has 3 aromatic rings. The second kappa shape index (κ2) is 9.61. The maximum Gasteiger partial charge on any atom is 0.208 e. The predicted molar refractivity (Wildman–Crippen MR) is 134 cm³/mol. The minimum Gasteiger partial charge on any atom is -0.354 e. The van der Waals surface area contributed by atoms with Crippen molar-refractivity contribution in [2.24, 2.45) is 0 Å². The van der Waals surface area contributed by atoms with Crippen LogP contribution in [-0.4, -0.2) is 73.3 Å². The molecule has 0 radical (unpaired) electrons. The van der Waals surface area contributed by atoms with E-state index in [0.29, 0.717) is 27.1 Å². The van der Waals surface area contributed by atoms with Crippen LogP contribution in [0.15, 0.2) is 39.6 Å². The van der Waals surface area contributed by atoms with E-state index < -0.39 is 11.0 Å². The minimum absolute atomic E-state index is 0.203. The second-order valence-corrected chi connectivity index (χ2v) is 11.2. The minimum atomic E-state index is -1.49. The maximum atomic E-state index is 13.4. The van der Waals surface area contributed by atoms with Gasteiger partial charge in [0.05, 0.1) is 5.39 Å². The van der Waals surface area contributed by atoms with Gasteiger partial charge in [0, 0.05) is 63.1 Å². The molecule has 10 heteroatoms. The third kappa shape index (κ3) is 4.49. The molecular weight excluding hydrogens is 456 g/mol. The van der Waals surface area contributed by atoms with E-state index in [1.807, 2.05) is 26.4 Å². The molecule has 5 heterocycles. The van der Waals surface area contributed by atoms with E-state index in [0.717, 1.165) is 64.3 Å². The fourth-order valence-corrected chi connectivity index (χ4v) is 6.54. The van der Waals surface area contributed by atoms with Gasteiger partial charge in [0.15, 0.2) is 10.8 Å². The van der Waals surface area contributed by atoms with Crippen molar-refractivity contribution in [3.8, 4) is 5.13 Å². The number of hydrogen-bond donors (Lipinski definition) is 0. The van der Waals surface area contributed by atoms with Crippen molar-refractivity contribution in [2.45, 2.75) is 44.0 Å². The van der Waals surface area contributed by atoms with Crippen LogP contribution in [-0.2, 0) is 11.0 Å². The molecule has 0 spiro atoms. The van der Waals surface area contributed by atoms with Gasteiger partial charge in [-0.1, -0.05) is 6.42 Å². The highest BCUT2D eigenvalue weighted by atomic mass is 32.2. The SMILES string of the molecule is CC(C)N1CCN(c2ccc3c(=O)c(S(=O)N4CCCCC4)cn(-c4nccs4)c3n2)CC1. The van der Waals surface area contributed by atoms with Crippen molar-refractivity contribution in [1.29, 1.82) is 0 Å². The fourth-order valence-electron chi connectivity index (χ4n) is 4.59. The summed E-state index contributed by atoms with van der Waals surface area (Å²) in [4.78, 5) is 27.9. The Bertz CT molecular complexity index is 1200. The lowest BCUT2D eigenvalue weighted by Crippen LogP contribution is -2.49. The summed E-state index contributed by atoms with van der Waals surface area (Å²) in [5.41, 5.74) is 0.364. The first-order valence-corrected chi connectivity index (χ1v) is 13.6. The van der Waals surface area contributed by atoms with Gasteiger partial charge in [0.1, 0.15) is 21.7 Å². The van der Waals surface area contributed by atoms with Crippen LogP contribution in [0.25, 0.3) is 16.2 Å². The van der Waals surface area contributed by atoms with Gasteiger partial charge < -0.3 is 4.90 Å². The molecule has 176 valence electrons. The number of anilines is 1. The molecule has 5 rings (SSSR count). The summed E-state index contributed by atoms with van der Waals surface area (Å²) in [5.74, 6) is 0.862. The predicted octanol–water partition coefficient (Wildman–Crippen LogP) is 2.88. The molecule has 0 amide bonds. The van der Waals surface area contributed by atoms with Crippen molar-refractivity contribution in [3.05, 3.63) is 40.1 Å². The number of nitrogens with zero attached hydrogens (tertiary/aromatic N) is 6. The summed E-state index contributed by atoms with van der Waals surface area (Å²) in [5, 5.41) is 3.10.